The summed E-state index contributed by atoms with van der Waals surface area (Å²) in [6.45, 7) is 6.78. The van der Waals surface area contributed by atoms with Crippen molar-refractivity contribution in [3.63, 3.8) is 0 Å². The molecule has 11 nitrogen and oxygen atoms in total. The van der Waals surface area contributed by atoms with E-state index in [0.29, 0.717) is 0 Å². The molecule has 0 aliphatic rings. The van der Waals surface area contributed by atoms with Crippen LogP contribution in [0, 0.1) is 5.92 Å². The summed E-state index contributed by atoms with van der Waals surface area (Å²) in [6, 6.07) is 6.79. The summed E-state index contributed by atoms with van der Waals surface area (Å²) in [7, 11) is -9.43. The van der Waals surface area contributed by atoms with Gasteiger partial charge in [-0.25, -0.2) is 4.79 Å². The van der Waals surface area contributed by atoms with Gasteiger partial charge in [-0.05, 0) is 49.2 Å². The normalized spacial score (nSPS) is 12.2. The third-order valence-corrected chi connectivity index (χ3v) is 6.31. The zero-order chi connectivity index (χ0) is 26.6. The molecule has 0 aromatic heterocycles. The molecule has 2 rings (SSSR count). The van der Waals surface area contributed by atoms with Gasteiger partial charge in [0, 0.05) is 23.3 Å². The van der Waals surface area contributed by atoms with Crippen molar-refractivity contribution in [2.45, 2.75) is 43.5 Å². The third kappa shape index (κ3) is 8.17. The van der Waals surface area contributed by atoms with Crippen molar-refractivity contribution in [3.05, 3.63) is 47.5 Å². The van der Waals surface area contributed by atoms with E-state index < -0.39 is 36.1 Å². The summed E-state index contributed by atoms with van der Waals surface area (Å²) < 4.78 is 67.0. The van der Waals surface area contributed by atoms with Crippen molar-refractivity contribution in [2.75, 3.05) is 10.6 Å². The maximum atomic E-state index is 11.9. The van der Waals surface area contributed by atoms with Crippen LogP contribution in [0.25, 0.3) is 12.2 Å². The Morgan fingerprint density at radius 1 is 0.771 bits per heavy atom. The van der Waals surface area contributed by atoms with Crippen LogP contribution in [-0.2, 0) is 25.0 Å². The second-order valence-electron chi connectivity index (χ2n) is 8.19. The quantitative estimate of drug-likeness (QED) is 0.257. The molecule has 2 aromatic carbocycles. The molecule has 13 heteroatoms. The van der Waals surface area contributed by atoms with E-state index >= 15 is 0 Å². The van der Waals surface area contributed by atoms with Crippen LogP contribution in [0.15, 0.2) is 46.2 Å². The van der Waals surface area contributed by atoms with Gasteiger partial charge in [0.15, 0.2) is 0 Å². The van der Waals surface area contributed by atoms with E-state index in [0.717, 1.165) is 12.1 Å². The highest BCUT2D eigenvalue weighted by atomic mass is 32.2. The van der Waals surface area contributed by atoms with Crippen molar-refractivity contribution in [1.29, 1.82) is 0 Å². The van der Waals surface area contributed by atoms with Gasteiger partial charge in [0.2, 0.25) is 5.91 Å². The van der Waals surface area contributed by atoms with Crippen molar-refractivity contribution >= 4 is 55.7 Å². The largest absolute Gasteiger partial charge is 0.336 e. The molecule has 0 saturated heterocycles. The van der Waals surface area contributed by atoms with Gasteiger partial charge in [0.05, 0.1) is 0 Å². The van der Waals surface area contributed by atoms with E-state index in [-0.39, 0.29) is 40.4 Å². The molecule has 3 amide bonds. The van der Waals surface area contributed by atoms with Gasteiger partial charge < -0.3 is 16.0 Å². The molecule has 0 aliphatic heterocycles. The fraction of sp³-hybridized carbons (Fsp3) is 0.273. The maximum absolute atomic E-state index is 11.9. The molecule has 0 fully saturated rings. The van der Waals surface area contributed by atoms with Crippen molar-refractivity contribution in [3.8, 4) is 0 Å². The Labute approximate surface area is 204 Å². The van der Waals surface area contributed by atoms with Crippen LogP contribution in [-0.4, -0.2) is 43.9 Å². The Morgan fingerprint density at radius 2 is 1.20 bits per heavy atom. The first kappa shape index (κ1) is 28.0. The number of benzene rings is 2. The smallest absolute Gasteiger partial charge is 0.319 e. The highest BCUT2D eigenvalue weighted by Gasteiger charge is 2.18. The van der Waals surface area contributed by atoms with Crippen LogP contribution in [0.5, 0.6) is 0 Å². The number of anilines is 2. The molecular weight excluding hydrogens is 498 g/mol. The lowest BCUT2D eigenvalue weighted by Gasteiger charge is -2.12. The van der Waals surface area contributed by atoms with Crippen molar-refractivity contribution in [2.24, 2.45) is 5.92 Å². The summed E-state index contributed by atoms with van der Waals surface area (Å²) in [4.78, 5) is 22.7. The number of hydrogen-bond acceptors (Lipinski definition) is 6. The van der Waals surface area contributed by atoms with Gasteiger partial charge in [-0.1, -0.05) is 38.1 Å². The average molecular weight is 526 g/mol. The monoisotopic (exact) mass is 525 g/mol. The molecular formula is C22H27N3O8S2. The first-order chi connectivity index (χ1) is 16.1. The topological polar surface area (TPSA) is 179 Å². The fourth-order valence-electron chi connectivity index (χ4n) is 2.84. The zero-order valence-electron chi connectivity index (χ0n) is 19.4. The first-order valence-electron chi connectivity index (χ1n) is 10.4. The van der Waals surface area contributed by atoms with Crippen LogP contribution in [0.1, 0.15) is 38.8 Å². The number of urea groups is 1. The maximum Gasteiger partial charge on any atom is 0.319 e. The summed E-state index contributed by atoms with van der Waals surface area (Å²) in [5, 5.41) is 7.55. The van der Waals surface area contributed by atoms with Gasteiger partial charge in [0.1, 0.15) is 9.79 Å². The van der Waals surface area contributed by atoms with E-state index in [9.17, 15) is 35.5 Å². The Kier molecular flexibility index (Phi) is 8.79. The summed E-state index contributed by atoms with van der Waals surface area (Å²) in [6.07, 6.45) is 2.44. The lowest BCUT2D eigenvalue weighted by molar-refractivity contribution is -0.118. The van der Waals surface area contributed by atoms with E-state index in [1.165, 1.54) is 36.4 Å². The highest BCUT2D eigenvalue weighted by molar-refractivity contribution is 7.86. The van der Waals surface area contributed by atoms with Gasteiger partial charge in [-0.15, -0.1) is 0 Å². The standard InChI is InChI=1S/C22H27N3O8S2/c1-13(2)21(26)24-17-9-7-15(19(11-17)34(28,29)30)5-6-16-8-10-18(12-20(16)35(31,32)33)25-22(27)23-14(3)4/h5-14H,1-4H3,(H,24,26)(H2,23,25,27)(H,28,29,30)(H,31,32,33). The molecule has 0 radical (unpaired) electrons. The fourth-order valence-corrected chi connectivity index (χ4v) is 4.26. The van der Waals surface area contributed by atoms with Crippen molar-refractivity contribution < 1.29 is 35.5 Å². The number of nitrogens with one attached hydrogen (secondary N) is 3. The molecule has 0 heterocycles. The van der Waals surface area contributed by atoms with Crippen LogP contribution < -0.4 is 16.0 Å². The molecule has 0 unspecified atom stereocenters. The Bertz CT molecular complexity index is 1370. The van der Waals surface area contributed by atoms with E-state index in [1.54, 1.807) is 27.7 Å². The number of carbonyl (C=O) groups excluding carboxylic acids is 2. The van der Waals surface area contributed by atoms with E-state index in [4.69, 9.17) is 0 Å². The number of rotatable bonds is 8. The minimum absolute atomic E-state index is 0.00477. The van der Waals surface area contributed by atoms with E-state index in [2.05, 4.69) is 16.0 Å². The predicted octanol–water partition coefficient (Wildman–Crippen LogP) is 3.47. The highest BCUT2D eigenvalue weighted by Crippen LogP contribution is 2.26. The SMILES string of the molecule is CC(C)NC(=O)Nc1ccc(C=Cc2ccc(NC(=O)C(C)C)cc2S(=O)(=O)O)c(S(=O)(=O)O)c1. The third-order valence-electron chi connectivity index (χ3n) is 4.49. The predicted molar refractivity (Wildman–Crippen MR) is 132 cm³/mol. The number of carbonyl (C=O) groups is 2. The van der Waals surface area contributed by atoms with Gasteiger partial charge in [-0.2, -0.15) is 16.8 Å². The Hall–Kier alpha value is -3.26. The molecule has 190 valence electrons. The average Bonchev–Trinajstić information content (AvgIpc) is 2.71. The summed E-state index contributed by atoms with van der Waals surface area (Å²) in [5.74, 6) is -0.723. The molecule has 0 saturated carbocycles. The van der Waals surface area contributed by atoms with Crippen LogP contribution >= 0.6 is 0 Å². The molecule has 0 bridgehead atoms. The molecule has 5 N–H and O–H groups in total. The number of amides is 3. The molecule has 0 spiro atoms. The van der Waals surface area contributed by atoms with Crippen molar-refractivity contribution in [1.82, 2.24) is 5.32 Å². The Morgan fingerprint density at radius 3 is 1.57 bits per heavy atom. The van der Waals surface area contributed by atoms with Gasteiger partial charge >= 0.3 is 6.03 Å². The van der Waals surface area contributed by atoms with E-state index in [1.807, 2.05) is 0 Å². The van der Waals surface area contributed by atoms with Crippen LogP contribution in [0.2, 0.25) is 0 Å². The minimum Gasteiger partial charge on any atom is -0.336 e. The molecule has 0 aliphatic carbocycles. The molecule has 35 heavy (non-hydrogen) atoms. The minimum atomic E-state index is -4.72. The van der Waals surface area contributed by atoms with Gasteiger partial charge in [0.25, 0.3) is 20.2 Å². The second-order valence-corrected chi connectivity index (χ2v) is 11.0. The molecule has 0 atom stereocenters. The van der Waals surface area contributed by atoms with Crippen LogP contribution in [0.3, 0.4) is 0 Å². The first-order valence-corrected chi connectivity index (χ1v) is 13.3. The number of hydrogen-bond donors (Lipinski definition) is 5. The summed E-state index contributed by atoms with van der Waals surface area (Å²) in [5.41, 5.74) is 0.217. The summed E-state index contributed by atoms with van der Waals surface area (Å²) >= 11 is 0. The lowest BCUT2D eigenvalue weighted by atomic mass is 10.1. The molecule has 2 aromatic rings. The van der Waals surface area contributed by atoms with Crippen LogP contribution in [0.4, 0.5) is 16.2 Å². The second kappa shape index (κ2) is 11.0. The Balaban J connectivity index is 2.47. The van der Waals surface area contributed by atoms with Gasteiger partial charge in [-0.3, -0.25) is 13.9 Å². The zero-order valence-corrected chi connectivity index (χ0v) is 21.1. The lowest BCUT2D eigenvalue weighted by Crippen LogP contribution is -2.34.